The number of H-pyrrole nitrogens is 1. The Morgan fingerprint density at radius 2 is 2.07 bits per heavy atom. The molecule has 0 bridgehead atoms. The zero-order chi connectivity index (χ0) is 20.3. The van der Waals surface area contributed by atoms with Crippen molar-refractivity contribution in [2.75, 3.05) is 24.5 Å². The molecule has 0 spiro atoms. The van der Waals surface area contributed by atoms with E-state index in [0.29, 0.717) is 12.3 Å². The minimum atomic E-state index is -0.919. The summed E-state index contributed by atoms with van der Waals surface area (Å²) in [4.78, 5) is 12.4. The standard InChI is InChI=1S/C22H34N6/c1-5-27(6-2)13-7-8-16(3)22(24)25-12-11-21(23)28(22)19-9-10-20-18(15-19)14-17(4)26-20/h9-10,12,14-16,23,26H,5-8,11,13,24H2,1-4H3. The van der Waals surface area contributed by atoms with Gasteiger partial charge in [0.25, 0.3) is 0 Å². The molecule has 1 aliphatic rings. The number of anilines is 1. The fourth-order valence-corrected chi connectivity index (χ4v) is 4.13. The molecular weight excluding hydrogens is 348 g/mol. The first kappa shape index (κ1) is 20.6. The molecule has 0 saturated heterocycles. The Bertz CT molecular complexity index is 850. The summed E-state index contributed by atoms with van der Waals surface area (Å²) in [7, 11) is 0. The second-order valence-electron chi connectivity index (χ2n) is 7.88. The molecule has 2 atom stereocenters. The number of benzene rings is 1. The van der Waals surface area contributed by atoms with E-state index in [9.17, 15) is 0 Å². The SMILES string of the molecule is CCN(CC)CCCC(C)C1(N)N=CCC(=N)N1c1ccc2[nH]c(C)cc2c1. The zero-order valence-electron chi connectivity index (χ0n) is 17.6. The number of hydrogen-bond donors (Lipinski definition) is 3. The van der Waals surface area contributed by atoms with Gasteiger partial charge in [-0.25, -0.2) is 0 Å². The lowest BCUT2D eigenvalue weighted by Crippen LogP contribution is -2.63. The third kappa shape index (κ3) is 3.98. The Labute approximate surface area is 168 Å². The maximum atomic E-state index is 8.59. The van der Waals surface area contributed by atoms with Crippen LogP contribution >= 0.6 is 0 Å². The van der Waals surface area contributed by atoms with Crippen molar-refractivity contribution in [3.8, 4) is 0 Å². The number of rotatable bonds is 8. The smallest absolute Gasteiger partial charge is 0.191 e. The van der Waals surface area contributed by atoms with Gasteiger partial charge in [0.1, 0.15) is 5.84 Å². The largest absolute Gasteiger partial charge is 0.359 e. The number of aromatic amines is 1. The molecule has 2 heterocycles. The van der Waals surface area contributed by atoms with Crippen LogP contribution in [0.25, 0.3) is 10.9 Å². The lowest BCUT2D eigenvalue weighted by atomic mass is 9.93. The van der Waals surface area contributed by atoms with Gasteiger partial charge in [-0.3, -0.25) is 21.0 Å². The van der Waals surface area contributed by atoms with Gasteiger partial charge in [-0.15, -0.1) is 0 Å². The molecule has 2 aromatic rings. The summed E-state index contributed by atoms with van der Waals surface area (Å²) in [5, 5.41) is 9.72. The summed E-state index contributed by atoms with van der Waals surface area (Å²) in [6.07, 6.45) is 4.36. The first-order chi connectivity index (χ1) is 13.4. The van der Waals surface area contributed by atoms with Crippen LogP contribution in [0, 0.1) is 18.3 Å². The molecule has 1 aliphatic heterocycles. The van der Waals surface area contributed by atoms with Gasteiger partial charge in [0.05, 0.1) is 0 Å². The number of nitrogens with two attached hydrogens (primary N) is 1. The number of aromatic nitrogens is 1. The van der Waals surface area contributed by atoms with Crippen molar-refractivity contribution < 1.29 is 0 Å². The van der Waals surface area contributed by atoms with Gasteiger partial charge in [-0.2, -0.15) is 0 Å². The molecule has 4 N–H and O–H groups in total. The van der Waals surface area contributed by atoms with Gasteiger partial charge in [-0.05, 0) is 63.7 Å². The Kier molecular flexibility index (Phi) is 6.20. The van der Waals surface area contributed by atoms with Crippen molar-refractivity contribution in [2.45, 2.75) is 52.7 Å². The van der Waals surface area contributed by atoms with Crippen molar-refractivity contribution in [3.05, 3.63) is 30.0 Å². The summed E-state index contributed by atoms with van der Waals surface area (Å²) in [6, 6.07) is 8.34. The average molecular weight is 383 g/mol. The molecule has 1 aromatic heterocycles. The lowest BCUT2D eigenvalue weighted by molar-refractivity contribution is 0.251. The average Bonchev–Trinajstić information content (AvgIpc) is 3.04. The van der Waals surface area contributed by atoms with E-state index in [1.807, 2.05) is 11.0 Å². The number of nitrogens with zero attached hydrogens (tertiary/aromatic N) is 3. The summed E-state index contributed by atoms with van der Waals surface area (Å²) < 4.78 is 0. The van der Waals surface area contributed by atoms with E-state index >= 15 is 0 Å². The quantitative estimate of drug-likeness (QED) is 0.642. The van der Waals surface area contributed by atoms with E-state index < -0.39 is 5.79 Å². The lowest BCUT2D eigenvalue weighted by Gasteiger charge is -2.45. The van der Waals surface area contributed by atoms with Crippen molar-refractivity contribution in [1.29, 1.82) is 5.41 Å². The van der Waals surface area contributed by atoms with E-state index in [1.165, 1.54) is 0 Å². The van der Waals surface area contributed by atoms with Crippen LogP contribution < -0.4 is 10.6 Å². The molecular formula is C22H34N6. The highest BCUT2D eigenvalue weighted by molar-refractivity contribution is 6.06. The molecule has 1 aromatic carbocycles. The van der Waals surface area contributed by atoms with Crippen molar-refractivity contribution in [2.24, 2.45) is 16.6 Å². The van der Waals surface area contributed by atoms with E-state index in [1.54, 1.807) is 6.21 Å². The van der Waals surface area contributed by atoms with Gasteiger partial charge in [-0.1, -0.05) is 20.8 Å². The summed E-state index contributed by atoms with van der Waals surface area (Å²) in [5.41, 5.74) is 10.0. The van der Waals surface area contributed by atoms with E-state index in [0.717, 1.165) is 54.8 Å². The van der Waals surface area contributed by atoms with Crippen molar-refractivity contribution in [1.82, 2.24) is 9.88 Å². The van der Waals surface area contributed by atoms with Gasteiger partial charge in [0.2, 0.25) is 0 Å². The number of aliphatic imine (C=N–C) groups is 1. The topological polar surface area (TPSA) is 84.5 Å². The molecule has 6 nitrogen and oxygen atoms in total. The Balaban J connectivity index is 1.84. The van der Waals surface area contributed by atoms with Crippen LogP contribution in [0.5, 0.6) is 0 Å². The highest BCUT2D eigenvalue weighted by Gasteiger charge is 2.41. The minimum Gasteiger partial charge on any atom is -0.359 e. The summed E-state index contributed by atoms with van der Waals surface area (Å²) in [5.74, 6) is -0.291. The van der Waals surface area contributed by atoms with Crippen LogP contribution in [0.15, 0.2) is 29.3 Å². The van der Waals surface area contributed by atoms with Crippen molar-refractivity contribution in [3.63, 3.8) is 0 Å². The van der Waals surface area contributed by atoms with Gasteiger partial charge >= 0.3 is 0 Å². The fourth-order valence-electron chi connectivity index (χ4n) is 4.13. The molecule has 0 amide bonds. The third-order valence-electron chi connectivity index (χ3n) is 5.94. The summed E-state index contributed by atoms with van der Waals surface area (Å²) in [6.45, 7) is 11.8. The molecule has 6 heteroatoms. The number of fused-ring (bicyclic) bond motifs is 1. The first-order valence-corrected chi connectivity index (χ1v) is 10.4. The first-order valence-electron chi connectivity index (χ1n) is 10.4. The predicted octanol–water partition coefficient (Wildman–Crippen LogP) is 4.11. The number of aryl methyl sites for hydroxylation is 1. The Hall–Kier alpha value is -2.18. The van der Waals surface area contributed by atoms with E-state index in [2.05, 4.69) is 55.8 Å². The monoisotopic (exact) mass is 382 g/mol. The highest BCUT2D eigenvalue weighted by atomic mass is 15.4. The van der Waals surface area contributed by atoms with Gasteiger partial charge < -0.3 is 9.88 Å². The van der Waals surface area contributed by atoms with Crippen LogP contribution in [0.1, 0.15) is 45.7 Å². The zero-order valence-corrected chi connectivity index (χ0v) is 17.6. The normalized spacial score (nSPS) is 21.1. The maximum absolute atomic E-state index is 8.59. The molecule has 0 fully saturated rings. The van der Waals surface area contributed by atoms with E-state index in [4.69, 9.17) is 16.1 Å². The number of amidine groups is 1. The molecule has 0 aliphatic carbocycles. The fraction of sp³-hybridized carbons (Fsp3) is 0.545. The molecule has 3 rings (SSSR count). The maximum Gasteiger partial charge on any atom is 0.191 e. The number of nitrogens with one attached hydrogen (secondary N) is 2. The Morgan fingerprint density at radius 3 is 2.79 bits per heavy atom. The predicted molar refractivity (Wildman–Crippen MR) is 119 cm³/mol. The molecule has 152 valence electrons. The molecule has 0 saturated carbocycles. The molecule has 0 radical (unpaired) electrons. The Morgan fingerprint density at radius 1 is 1.32 bits per heavy atom. The summed E-state index contributed by atoms with van der Waals surface area (Å²) >= 11 is 0. The minimum absolute atomic E-state index is 0.128. The highest BCUT2D eigenvalue weighted by Crippen LogP contribution is 2.34. The molecule has 28 heavy (non-hydrogen) atoms. The third-order valence-corrected chi connectivity index (χ3v) is 5.94. The van der Waals surface area contributed by atoms with Crippen LogP contribution in [-0.4, -0.2) is 47.4 Å². The number of hydrogen-bond acceptors (Lipinski definition) is 4. The van der Waals surface area contributed by atoms with Crippen LogP contribution in [-0.2, 0) is 0 Å². The van der Waals surface area contributed by atoms with E-state index in [-0.39, 0.29) is 5.92 Å². The second-order valence-corrected chi connectivity index (χ2v) is 7.88. The van der Waals surface area contributed by atoms with Crippen LogP contribution in [0.2, 0.25) is 0 Å². The van der Waals surface area contributed by atoms with Crippen LogP contribution in [0.4, 0.5) is 5.69 Å². The van der Waals surface area contributed by atoms with Crippen molar-refractivity contribution >= 4 is 28.6 Å². The van der Waals surface area contributed by atoms with Crippen LogP contribution in [0.3, 0.4) is 0 Å². The second kappa shape index (κ2) is 8.45. The van der Waals surface area contributed by atoms with Gasteiger partial charge in [0, 0.05) is 40.8 Å². The molecule has 2 unspecified atom stereocenters. The van der Waals surface area contributed by atoms with Gasteiger partial charge in [0.15, 0.2) is 5.79 Å².